The van der Waals surface area contributed by atoms with Crippen LogP contribution < -0.4 is 0 Å². The Hall–Kier alpha value is -1.81. The third-order valence-corrected chi connectivity index (χ3v) is 5.56. The highest BCUT2D eigenvalue weighted by Crippen LogP contribution is 2.27. The number of nitrogens with zero attached hydrogens (tertiary/aromatic N) is 2. The molecular weight excluding hydrogens is 312 g/mol. The summed E-state index contributed by atoms with van der Waals surface area (Å²) in [6.07, 6.45) is 2.39. The maximum atomic E-state index is 13.0. The first-order chi connectivity index (χ1) is 11.9. The van der Waals surface area contributed by atoms with E-state index in [2.05, 4.69) is 32.9 Å². The molecule has 25 heavy (non-hydrogen) atoms. The average molecular weight is 342 g/mol. The van der Waals surface area contributed by atoms with Crippen LogP contribution in [0.3, 0.4) is 0 Å². The van der Waals surface area contributed by atoms with E-state index >= 15 is 0 Å². The predicted molar refractivity (Wildman–Crippen MR) is 102 cm³/mol. The lowest BCUT2D eigenvalue weighted by Gasteiger charge is -2.34. The summed E-state index contributed by atoms with van der Waals surface area (Å²) in [4.78, 5) is 14.9. The van der Waals surface area contributed by atoms with Crippen molar-refractivity contribution in [3.8, 4) is 0 Å². The van der Waals surface area contributed by atoms with Crippen LogP contribution in [0.1, 0.15) is 49.2 Å². The molecule has 1 atom stereocenters. The second kappa shape index (κ2) is 7.20. The summed E-state index contributed by atoms with van der Waals surface area (Å²) in [5, 5.41) is 11.5. The molecule has 0 aliphatic carbocycles. The molecule has 4 nitrogen and oxygen atoms in total. The van der Waals surface area contributed by atoms with Gasteiger partial charge in [0, 0.05) is 25.5 Å². The zero-order valence-electron chi connectivity index (χ0n) is 15.8. The zero-order valence-corrected chi connectivity index (χ0v) is 15.8. The number of carbonyl (C=O) groups is 1. The monoisotopic (exact) mass is 342 g/mol. The first kappa shape index (κ1) is 18.0. The molecule has 0 saturated carbocycles. The van der Waals surface area contributed by atoms with E-state index in [1.165, 1.54) is 5.56 Å². The Bertz CT molecular complexity index is 755. The number of aromatic nitrogens is 1. The molecule has 1 fully saturated rings. The number of rotatable bonds is 4. The number of aliphatic hydroxyl groups excluding tert-OH is 1. The van der Waals surface area contributed by atoms with Crippen LogP contribution in [0.2, 0.25) is 0 Å². The molecule has 0 spiro atoms. The van der Waals surface area contributed by atoms with E-state index in [-0.39, 0.29) is 12.0 Å². The van der Waals surface area contributed by atoms with Crippen LogP contribution in [0.25, 0.3) is 10.9 Å². The number of amides is 1. The fourth-order valence-electron chi connectivity index (χ4n) is 4.15. The second-order valence-electron chi connectivity index (χ2n) is 7.93. The van der Waals surface area contributed by atoms with Gasteiger partial charge < -0.3 is 14.6 Å². The number of hydrogen-bond acceptors (Lipinski definition) is 2. The minimum absolute atomic E-state index is 0.106. The SMILES string of the molecule is Cc1cccc2cc(C(=O)N3CCC(C(O)CC(C)C)CC3)n(C)c12. The molecule has 1 amide bonds. The van der Waals surface area contributed by atoms with Gasteiger partial charge in [0.1, 0.15) is 5.69 Å². The summed E-state index contributed by atoms with van der Waals surface area (Å²) >= 11 is 0. The largest absolute Gasteiger partial charge is 0.393 e. The molecule has 1 aromatic heterocycles. The fourth-order valence-corrected chi connectivity index (χ4v) is 4.15. The van der Waals surface area contributed by atoms with Crippen LogP contribution in [0.15, 0.2) is 24.3 Å². The van der Waals surface area contributed by atoms with Crippen LogP contribution in [0.4, 0.5) is 0 Å². The topological polar surface area (TPSA) is 45.5 Å². The Labute approximate surface area is 150 Å². The van der Waals surface area contributed by atoms with Crippen molar-refractivity contribution in [3.05, 3.63) is 35.5 Å². The summed E-state index contributed by atoms with van der Waals surface area (Å²) in [6.45, 7) is 7.84. The maximum absolute atomic E-state index is 13.0. The van der Waals surface area contributed by atoms with Crippen LogP contribution in [0, 0.1) is 18.8 Å². The van der Waals surface area contributed by atoms with Crippen LogP contribution in [-0.2, 0) is 7.05 Å². The smallest absolute Gasteiger partial charge is 0.270 e. The van der Waals surface area contributed by atoms with Gasteiger partial charge in [-0.15, -0.1) is 0 Å². The number of carbonyl (C=O) groups excluding carboxylic acids is 1. The third kappa shape index (κ3) is 3.59. The van der Waals surface area contributed by atoms with E-state index in [0.717, 1.165) is 48.9 Å². The number of aryl methyl sites for hydroxylation is 2. The Morgan fingerprint density at radius 3 is 2.56 bits per heavy atom. The Kier molecular flexibility index (Phi) is 5.19. The molecule has 1 unspecified atom stereocenters. The highest BCUT2D eigenvalue weighted by atomic mass is 16.3. The van der Waals surface area contributed by atoms with Crippen molar-refractivity contribution in [1.82, 2.24) is 9.47 Å². The van der Waals surface area contributed by atoms with Gasteiger partial charge in [0.25, 0.3) is 5.91 Å². The van der Waals surface area contributed by atoms with Gasteiger partial charge >= 0.3 is 0 Å². The van der Waals surface area contributed by atoms with Gasteiger partial charge in [-0.1, -0.05) is 32.0 Å². The Balaban J connectivity index is 1.71. The van der Waals surface area contributed by atoms with Crippen LogP contribution in [-0.4, -0.2) is 39.7 Å². The molecular formula is C21H30N2O2. The number of aliphatic hydroxyl groups is 1. The lowest BCUT2D eigenvalue weighted by Crippen LogP contribution is -2.42. The van der Waals surface area contributed by atoms with Crippen molar-refractivity contribution in [2.45, 2.75) is 46.1 Å². The highest BCUT2D eigenvalue weighted by molar-refractivity contribution is 5.99. The van der Waals surface area contributed by atoms with Crippen LogP contribution >= 0.6 is 0 Å². The molecule has 2 aromatic rings. The first-order valence-corrected chi connectivity index (χ1v) is 9.41. The van der Waals surface area contributed by atoms with Gasteiger partial charge in [0.05, 0.1) is 11.6 Å². The van der Waals surface area contributed by atoms with E-state index in [1.54, 1.807) is 0 Å². The summed E-state index contributed by atoms with van der Waals surface area (Å²) in [6, 6.07) is 8.18. The molecule has 1 aliphatic rings. The second-order valence-corrected chi connectivity index (χ2v) is 7.93. The fraction of sp³-hybridized carbons (Fsp3) is 0.571. The lowest BCUT2D eigenvalue weighted by atomic mass is 9.87. The summed E-state index contributed by atoms with van der Waals surface area (Å²) in [5.74, 6) is 0.935. The van der Waals surface area contributed by atoms with E-state index in [9.17, 15) is 9.90 Å². The number of hydrogen-bond donors (Lipinski definition) is 1. The quantitative estimate of drug-likeness (QED) is 0.920. The standard InChI is InChI=1S/C21H30N2O2/c1-14(2)12-19(24)16-8-10-23(11-9-16)21(25)18-13-17-7-5-6-15(3)20(17)22(18)4/h5-7,13-14,16,19,24H,8-12H2,1-4H3. The Morgan fingerprint density at radius 1 is 1.28 bits per heavy atom. The number of benzene rings is 1. The normalized spacial score (nSPS) is 17.4. The zero-order chi connectivity index (χ0) is 18.1. The minimum Gasteiger partial charge on any atom is -0.393 e. The van der Waals surface area contributed by atoms with Gasteiger partial charge in [0.15, 0.2) is 0 Å². The maximum Gasteiger partial charge on any atom is 0.270 e. The van der Waals surface area contributed by atoms with Crippen molar-refractivity contribution in [1.29, 1.82) is 0 Å². The molecule has 1 N–H and O–H groups in total. The predicted octanol–water partition coefficient (Wildman–Crippen LogP) is 3.75. The average Bonchev–Trinajstić information content (AvgIpc) is 2.92. The van der Waals surface area contributed by atoms with E-state index in [1.807, 2.05) is 28.6 Å². The summed E-state index contributed by atoms with van der Waals surface area (Å²) in [5.41, 5.74) is 3.08. The van der Waals surface area contributed by atoms with E-state index in [4.69, 9.17) is 0 Å². The molecule has 0 radical (unpaired) electrons. The van der Waals surface area contributed by atoms with Gasteiger partial charge in [0.2, 0.25) is 0 Å². The van der Waals surface area contributed by atoms with E-state index in [0.29, 0.717) is 11.8 Å². The molecule has 3 rings (SSSR count). The van der Waals surface area contributed by atoms with Crippen molar-refractivity contribution < 1.29 is 9.90 Å². The molecule has 2 heterocycles. The Morgan fingerprint density at radius 2 is 1.96 bits per heavy atom. The number of likely N-dealkylation sites (tertiary alicyclic amines) is 1. The van der Waals surface area contributed by atoms with Gasteiger partial charge in [-0.25, -0.2) is 0 Å². The number of para-hydroxylation sites is 1. The molecule has 1 aromatic carbocycles. The lowest BCUT2D eigenvalue weighted by molar-refractivity contribution is 0.0381. The van der Waals surface area contributed by atoms with Gasteiger partial charge in [-0.2, -0.15) is 0 Å². The van der Waals surface area contributed by atoms with Gasteiger partial charge in [-0.3, -0.25) is 4.79 Å². The van der Waals surface area contributed by atoms with Crippen molar-refractivity contribution in [2.24, 2.45) is 18.9 Å². The summed E-state index contributed by atoms with van der Waals surface area (Å²) in [7, 11) is 1.97. The number of fused-ring (bicyclic) bond motifs is 1. The van der Waals surface area contributed by atoms with E-state index < -0.39 is 0 Å². The molecule has 1 saturated heterocycles. The molecule has 0 bridgehead atoms. The highest BCUT2D eigenvalue weighted by Gasteiger charge is 2.29. The first-order valence-electron chi connectivity index (χ1n) is 9.41. The molecule has 136 valence electrons. The van der Waals surface area contributed by atoms with Crippen molar-refractivity contribution >= 4 is 16.8 Å². The summed E-state index contributed by atoms with van der Waals surface area (Å²) < 4.78 is 2.02. The molecule has 1 aliphatic heterocycles. The third-order valence-electron chi connectivity index (χ3n) is 5.56. The minimum atomic E-state index is -0.238. The van der Waals surface area contributed by atoms with Crippen molar-refractivity contribution in [3.63, 3.8) is 0 Å². The number of piperidine rings is 1. The van der Waals surface area contributed by atoms with Gasteiger partial charge in [-0.05, 0) is 49.7 Å². The van der Waals surface area contributed by atoms with Crippen LogP contribution in [0.5, 0.6) is 0 Å². The molecule has 4 heteroatoms. The van der Waals surface area contributed by atoms with Crippen molar-refractivity contribution in [2.75, 3.05) is 13.1 Å².